The first-order chi connectivity index (χ1) is 65.8. The number of hydrogen-bond donors (Lipinski definition) is 17. The van der Waals surface area contributed by atoms with Gasteiger partial charge in [0.05, 0.1) is 57.9 Å². The molecule has 0 spiro atoms. The summed E-state index contributed by atoms with van der Waals surface area (Å²) in [6.45, 7) is 8.26. The van der Waals surface area contributed by atoms with E-state index in [1.54, 1.807) is 97.1 Å². The van der Waals surface area contributed by atoms with Gasteiger partial charge in [-0.3, -0.25) is 43.2 Å². The number of anilines is 11. The maximum absolute atomic E-state index is 14.0. The van der Waals surface area contributed by atoms with Gasteiger partial charge in [0.15, 0.2) is 34.7 Å². The maximum atomic E-state index is 14.0. The van der Waals surface area contributed by atoms with Gasteiger partial charge in [0, 0.05) is 193 Å². The van der Waals surface area contributed by atoms with Crippen LogP contribution in [0.1, 0.15) is 162 Å². The number of hydrogen-bond acceptors (Lipinski definition) is 29. The third kappa shape index (κ3) is 28.8. The molecule has 0 radical (unpaired) electrons. The molecule has 0 heterocycles. The summed E-state index contributed by atoms with van der Waals surface area (Å²) in [6, 6.07) is 59.5. The molecule has 3 amide bonds. The van der Waals surface area contributed by atoms with E-state index >= 15 is 0 Å². The summed E-state index contributed by atoms with van der Waals surface area (Å²) in [7, 11) is -13.6. The van der Waals surface area contributed by atoms with Gasteiger partial charge >= 0.3 is 0 Å². The summed E-state index contributed by atoms with van der Waals surface area (Å²) in [5.74, 6) is -2.30. The second-order valence-electron chi connectivity index (χ2n) is 31.4. The average Bonchev–Trinajstić information content (AvgIpc) is 0.751. The van der Waals surface area contributed by atoms with Crippen molar-refractivity contribution >= 4 is 187 Å². The van der Waals surface area contributed by atoms with Gasteiger partial charge in [0.2, 0.25) is 57.8 Å². The van der Waals surface area contributed by atoms with Crippen molar-refractivity contribution in [3.8, 4) is 0 Å². The van der Waals surface area contributed by atoms with Gasteiger partial charge in [-0.1, -0.05) is 80.2 Å². The lowest BCUT2D eigenvalue weighted by molar-refractivity contribution is -0.115. The lowest BCUT2D eigenvalue weighted by atomic mass is 9.82. The van der Waals surface area contributed by atoms with E-state index in [0.29, 0.717) is 163 Å². The Balaban J connectivity index is 0.000000226. The number of nitrogens with two attached hydrogens (primary N) is 4. The minimum absolute atomic E-state index is 0. The topological polar surface area (TPSA) is 585 Å². The average molecular weight is 2050 g/mol. The van der Waals surface area contributed by atoms with E-state index in [-0.39, 0.29) is 167 Å². The molecule has 21 N–H and O–H groups in total. The van der Waals surface area contributed by atoms with E-state index in [2.05, 4.69) is 66.7 Å². The molecule has 0 unspecified atom stereocenters. The van der Waals surface area contributed by atoms with E-state index < -0.39 is 49.1 Å². The van der Waals surface area contributed by atoms with E-state index in [0.717, 1.165) is 12.8 Å². The Bertz CT molecular complexity index is 6660. The molecule has 14 rings (SSSR count). The zero-order chi connectivity index (χ0) is 99.7. The Morgan fingerprint density at radius 3 is 0.636 bits per heavy atom. The largest absolute Gasteiger partial charge is 0.399 e. The third-order valence-corrected chi connectivity index (χ3v) is 28.5. The summed E-state index contributed by atoms with van der Waals surface area (Å²) in [6.07, 6.45) is 3.12. The van der Waals surface area contributed by atoms with Crippen molar-refractivity contribution in [1.82, 2.24) is 18.9 Å². The number of amides is 3. The predicted molar refractivity (Wildman–Crippen MR) is 548 cm³/mol. The quantitative estimate of drug-likeness (QED) is 0.00963. The van der Waals surface area contributed by atoms with Crippen LogP contribution in [0.15, 0.2) is 255 Å². The number of carbonyl (C=O) groups is 9. The molecule has 43 heteroatoms. The Kier molecular flexibility index (Phi) is 39.5. The summed E-state index contributed by atoms with van der Waals surface area (Å²) in [5, 5.41) is 26.9. The molecule has 0 bridgehead atoms. The number of carbonyl (C=O) groups excluding carboxylic acids is 9. The molecule has 0 aromatic heterocycles. The van der Waals surface area contributed by atoms with Gasteiger partial charge in [-0.25, -0.2) is 61.0 Å². The Morgan fingerprint density at radius 2 is 0.450 bits per heavy atom. The first-order valence-corrected chi connectivity index (χ1v) is 51.7. The van der Waals surface area contributed by atoms with Crippen LogP contribution in [0.4, 0.5) is 62.6 Å². The van der Waals surface area contributed by atoms with Crippen LogP contribution in [0, 0.1) is 0 Å². The number of halogens is 2. The van der Waals surface area contributed by atoms with E-state index in [4.69, 9.17) is 33.6 Å². The standard InChI is InChI=1S/C36H38N6O8S2.C32H34N6O6S2.C20H24N4O2.C8H8ClNO3S.CH4.ClH/c1-23(43)41-25-11-15-27(16-12-25)51(47,48)39-21-5-19-37-31-9-3-7-29-33(31)36(46)34-30(35(29)45)8-4-10-32(34)38-20-6-22-40-52(49,50)28-17-13-26(14-18-28)42-24(2)44;33-21-9-13-23(14-10-21)45(41,42)37-19-3-17-35-27-7-1-5-25-29(27)32(40)30-26(31(25)39)6-2-8-28(30)36-18-4-20-38-46(43,44)24-15-11-22(34)12-16-24;21-9-3-11-23-15-7-1-5-13-17(15)20(26)18-14(19(13)25)6-2-8-16(18)24-12-4-10-22;1-6(11)10-7-2-4-8(5-3-7)14(9,12)13;;/h3-4,7-18,37-40H,5-6,19-22H2,1-2H3,(H,41,43)(H,42,44);1-2,5-16,35-38H,3-4,17-20,33-34H2;1-2,5-8,23-24H,3-4,9-12,21-22H2;2-5H,1H3,(H,10,11);1H4;1H. The first kappa shape index (κ1) is 110. The van der Waals surface area contributed by atoms with Crippen molar-refractivity contribution in [2.24, 2.45) is 11.5 Å². The zero-order valence-electron chi connectivity index (χ0n) is 75.6. The normalized spacial score (nSPS) is 12.2. The van der Waals surface area contributed by atoms with E-state index in [9.17, 15) is 85.2 Å². The van der Waals surface area contributed by atoms with Crippen LogP contribution in [-0.4, -0.2) is 173 Å². The maximum Gasteiger partial charge on any atom is 0.261 e. The molecule has 0 atom stereocenters. The fourth-order valence-electron chi connectivity index (χ4n) is 14.7. The molecular formula is C97H109Cl2N17O19S5. The highest BCUT2D eigenvalue weighted by Gasteiger charge is 2.37. The smallest absolute Gasteiger partial charge is 0.261 e. The molecule has 0 fully saturated rings. The molecule has 0 saturated carbocycles. The van der Waals surface area contributed by atoms with Crippen molar-refractivity contribution in [2.75, 3.05) is 138 Å². The van der Waals surface area contributed by atoms with Crippen LogP contribution >= 0.6 is 23.1 Å². The molecule has 11 aromatic rings. The van der Waals surface area contributed by atoms with Gasteiger partial charge in [-0.15, -0.1) is 12.4 Å². The molecule has 140 heavy (non-hydrogen) atoms. The molecule has 3 aliphatic carbocycles. The van der Waals surface area contributed by atoms with Crippen molar-refractivity contribution in [2.45, 2.75) is 91.2 Å². The Morgan fingerprint density at radius 1 is 0.264 bits per heavy atom. The first-order valence-electron chi connectivity index (χ1n) is 43.5. The van der Waals surface area contributed by atoms with Crippen molar-refractivity contribution in [1.29, 1.82) is 0 Å². The van der Waals surface area contributed by atoms with Crippen LogP contribution in [0.25, 0.3) is 0 Å². The van der Waals surface area contributed by atoms with Crippen LogP contribution in [0.2, 0.25) is 0 Å². The summed E-state index contributed by atoms with van der Waals surface area (Å²) >= 11 is 0. The van der Waals surface area contributed by atoms with E-state index in [1.165, 1.54) is 142 Å². The van der Waals surface area contributed by atoms with Crippen LogP contribution in [0.3, 0.4) is 0 Å². The highest BCUT2D eigenvalue weighted by Crippen LogP contribution is 2.40. The highest BCUT2D eigenvalue weighted by atomic mass is 35.7. The number of rotatable bonds is 40. The molecule has 11 aromatic carbocycles. The molecular weight excluding hydrogens is 1940 g/mol. The lowest BCUT2D eigenvalue weighted by Gasteiger charge is -2.23. The second-order valence-corrected chi connectivity index (χ2v) is 41.0. The Hall–Kier alpha value is -13.7. The minimum atomic E-state index is -3.80. The van der Waals surface area contributed by atoms with E-state index in [1.807, 2.05) is 12.1 Å². The van der Waals surface area contributed by atoms with Crippen molar-refractivity contribution in [3.05, 3.63) is 297 Å². The fraction of sp³-hybridized carbons (Fsp3) is 0.227. The minimum Gasteiger partial charge on any atom is -0.399 e. The van der Waals surface area contributed by atoms with Crippen LogP contribution in [-0.2, 0) is 63.5 Å². The summed E-state index contributed by atoms with van der Waals surface area (Å²) < 4.78 is 133. The molecule has 740 valence electrons. The monoisotopic (exact) mass is 2050 g/mol. The van der Waals surface area contributed by atoms with Gasteiger partial charge in [-0.2, -0.15) is 0 Å². The SMILES string of the molecule is C.CC(=O)Nc1ccc(S(=O)(=O)Cl)cc1.CC(=O)Nc1ccc(S(=O)(=O)NCCCNc2cccc3c2C(=O)c2c(NCCCNS(=O)(=O)c4ccc(NC(C)=O)cc4)cccc2C3=O)cc1.Cl.NCCCNc1cccc2c1C(=O)c1c(NCCCN)cccc1C2=O.Nc1ccc(S(=O)(=O)NCCCNc2cccc3c2C(=O)c2c(NCCCNS(=O)(=O)c4ccc(N)cc4)cccc2C3=O)cc1. The molecule has 0 saturated heterocycles. The summed E-state index contributed by atoms with van der Waals surface area (Å²) in [4.78, 5) is 114. The fourth-order valence-corrected chi connectivity index (χ4v) is 19.8. The Labute approximate surface area is 823 Å². The van der Waals surface area contributed by atoms with Crippen LogP contribution < -0.4 is 89.7 Å². The van der Waals surface area contributed by atoms with Gasteiger partial charge < -0.3 is 70.8 Å². The van der Waals surface area contributed by atoms with Crippen molar-refractivity contribution < 1.29 is 85.2 Å². The van der Waals surface area contributed by atoms with Gasteiger partial charge in [0.25, 0.3) is 9.05 Å². The number of nitrogen functional groups attached to an aromatic ring is 2. The number of ketones is 6. The molecule has 3 aliphatic rings. The number of nitrogens with one attached hydrogen (secondary N) is 13. The second kappa shape index (κ2) is 50.3. The van der Waals surface area contributed by atoms with Gasteiger partial charge in [-0.05, 0) is 209 Å². The predicted octanol–water partition coefficient (Wildman–Crippen LogP) is 11.7. The van der Waals surface area contributed by atoms with Crippen LogP contribution in [0.5, 0.6) is 0 Å². The molecule has 0 aliphatic heterocycles. The highest BCUT2D eigenvalue weighted by molar-refractivity contribution is 8.13. The third-order valence-electron chi connectivity index (χ3n) is 21.3. The van der Waals surface area contributed by atoms with Gasteiger partial charge in [0.1, 0.15) is 0 Å². The van der Waals surface area contributed by atoms with Crippen molar-refractivity contribution in [3.63, 3.8) is 0 Å². The zero-order valence-corrected chi connectivity index (χ0v) is 81.2. The molecule has 36 nitrogen and oxygen atoms in total. The summed E-state index contributed by atoms with van der Waals surface area (Å²) in [5.41, 5.74) is 31.7. The number of fused-ring (bicyclic) bond motifs is 6. The number of benzene rings is 11. The number of sulfonamides is 4. The lowest BCUT2D eigenvalue weighted by Crippen LogP contribution is -2.27.